The molecule has 4 amide bonds. The molecule has 2 aromatic carbocycles. The number of halogens is 1. The maximum absolute atomic E-state index is 12.8. The predicted molar refractivity (Wildman–Crippen MR) is 96.4 cm³/mol. The molecule has 6 heteroatoms. The van der Waals surface area contributed by atoms with Crippen molar-refractivity contribution in [2.24, 2.45) is 0 Å². The number of hydrogen-bond acceptors (Lipinski definition) is 3. The molecule has 5 nitrogen and oxygen atoms in total. The normalized spacial score (nSPS) is 16.4. The Labute approximate surface area is 149 Å². The van der Waals surface area contributed by atoms with Crippen molar-refractivity contribution in [1.82, 2.24) is 5.32 Å². The van der Waals surface area contributed by atoms with Crippen LogP contribution < -0.4 is 10.2 Å². The van der Waals surface area contributed by atoms with Crippen molar-refractivity contribution in [2.75, 3.05) is 4.90 Å². The van der Waals surface area contributed by atoms with Crippen LogP contribution in [0.2, 0.25) is 5.02 Å². The van der Waals surface area contributed by atoms with Crippen LogP contribution in [0.1, 0.15) is 16.7 Å². The standard InChI is InChI=1S/C19H15ClN2O3/c1-11-6-7-15(8-12(11)2)22-18(24)16(17(23)21-19(22)25)10-13-4-3-5-14(20)9-13/h3-10H,1-2H3,(H,21,23,25)/b16-10+. The lowest BCUT2D eigenvalue weighted by atomic mass is 10.1. The van der Waals surface area contributed by atoms with Crippen LogP contribution in [-0.2, 0) is 9.59 Å². The van der Waals surface area contributed by atoms with E-state index in [1.165, 1.54) is 6.08 Å². The second-order valence-corrected chi connectivity index (χ2v) is 6.22. The number of nitrogens with one attached hydrogen (secondary N) is 1. The lowest BCUT2D eigenvalue weighted by Crippen LogP contribution is -2.54. The van der Waals surface area contributed by atoms with Crippen molar-refractivity contribution >= 4 is 41.2 Å². The van der Waals surface area contributed by atoms with Gasteiger partial charge in [0, 0.05) is 5.02 Å². The zero-order valence-electron chi connectivity index (χ0n) is 13.7. The molecule has 126 valence electrons. The fourth-order valence-electron chi connectivity index (χ4n) is 2.52. The monoisotopic (exact) mass is 354 g/mol. The molecule has 1 N–H and O–H groups in total. The maximum Gasteiger partial charge on any atom is 0.335 e. The molecule has 0 saturated carbocycles. The Morgan fingerprint density at radius 1 is 1.00 bits per heavy atom. The van der Waals surface area contributed by atoms with Gasteiger partial charge in [0.05, 0.1) is 5.69 Å². The highest BCUT2D eigenvalue weighted by Crippen LogP contribution is 2.24. The quantitative estimate of drug-likeness (QED) is 0.661. The Hall–Kier alpha value is -2.92. The van der Waals surface area contributed by atoms with Crippen LogP contribution in [0.15, 0.2) is 48.0 Å². The van der Waals surface area contributed by atoms with Crippen molar-refractivity contribution in [3.8, 4) is 0 Å². The molecule has 1 aliphatic heterocycles. The van der Waals surface area contributed by atoms with Crippen LogP contribution in [0.25, 0.3) is 6.08 Å². The summed E-state index contributed by atoms with van der Waals surface area (Å²) in [5.41, 5.74) is 2.87. The molecule has 0 bridgehead atoms. The van der Waals surface area contributed by atoms with E-state index in [0.29, 0.717) is 16.3 Å². The second kappa shape index (κ2) is 6.53. The molecule has 0 atom stereocenters. The van der Waals surface area contributed by atoms with E-state index >= 15 is 0 Å². The van der Waals surface area contributed by atoms with Crippen molar-refractivity contribution in [1.29, 1.82) is 0 Å². The average Bonchev–Trinajstić information content (AvgIpc) is 2.55. The summed E-state index contributed by atoms with van der Waals surface area (Å²) < 4.78 is 0. The number of benzene rings is 2. The minimum absolute atomic E-state index is 0.125. The Morgan fingerprint density at radius 2 is 1.76 bits per heavy atom. The van der Waals surface area contributed by atoms with Crippen molar-refractivity contribution < 1.29 is 14.4 Å². The van der Waals surface area contributed by atoms with Crippen LogP contribution in [0, 0.1) is 13.8 Å². The molecule has 0 aromatic heterocycles. The summed E-state index contributed by atoms with van der Waals surface area (Å²) in [4.78, 5) is 38.0. The van der Waals surface area contributed by atoms with E-state index in [9.17, 15) is 14.4 Å². The minimum Gasteiger partial charge on any atom is -0.273 e. The molecule has 2 aromatic rings. The molecule has 0 unspecified atom stereocenters. The van der Waals surface area contributed by atoms with Gasteiger partial charge in [-0.25, -0.2) is 9.69 Å². The number of nitrogens with zero attached hydrogens (tertiary/aromatic N) is 1. The van der Waals surface area contributed by atoms with E-state index < -0.39 is 17.8 Å². The summed E-state index contributed by atoms with van der Waals surface area (Å²) in [5.74, 6) is -1.40. The van der Waals surface area contributed by atoms with Gasteiger partial charge in [-0.2, -0.15) is 0 Å². The molecule has 0 spiro atoms. The lowest BCUT2D eigenvalue weighted by molar-refractivity contribution is -0.122. The van der Waals surface area contributed by atoms with Gasteiger partial charge in [0.2, 0.25) is 0 Å². The van der Waals surface area contributed by atoms with E-state index in [0.717, 1.165) is 16.0 Å². The van der Waals surface area contributed by atoms with Gasteiger partial charge in [-0.3, -0.25) is 14.9 Å². The Kier molecular flexibility index (Phi) is 4.42. The molecular weight excluding hydrogens is 340 g/mol. The third-order valence-electron chi connectivity index (χ3n) is 4.01. The highest BCUT2D eigenvalue weighted by Gasteiger charge is 2.36. The first-order valence-electron chi connectivity index (χ1n) is 7.61. The first-order chi connectivity index (χ1) is 11.9. The Balaban J connectivity index is 2.03. The number of imide groups is 2. The van der Waals surface area contributed by atoms with Crippen LogP contribution >= 0.6 is 11.6 Å². The zero-order chi connectivity index (χ0) is 18.1. The van der Waals surface area contributed by atoms with E-state index in [2.05, 4.69) is 5.32 Å². The second-order valence-electron chi connectivity index (χ2n) is 5.78. The van der Waals surface area contributed by atoms with E-state index in [1.807, 2.05) is 19.9 Å². The third kappa shape index (κ3) is 3.32. The van der Waals surface area contributed by atoms with Gasteiger partial charge >= 0.3 is 6.03 Å². The average molecular weight is 355 g/mol. The predicted octanol–water partition coefficient (Wildman–Crippen LogP) is 3.62. The topological polar surface area (TPSA) is 66.5 Å². The number of urea groups is 1. The molecule has 0 radical (unpaired) electrons. The molecule has 3 rings (SSSR count). The van der Waals surface area contributed by atoms with Crippen molar-refractivity contribution in [2.45, 2.75) is 13.8 Å². The number of amides is 4. The van der Waals surface area contributed by atoms with E-state index in [4.69, 9.17) is 11.6 Å². The number of anilines is 1. The van der Waals surface area contributed by atoms with Crippen LogP contribution in [0.3, 0.4) is 0 Å². The van der Waals surface area contributed by atoms with Crippen LogP contribution in [0.4, 0.5) is 10.5 Å². The summed E-state index contributed by atoms with van der Waals surface area (Å²) in [6, 6.07) is 11.2. The summed E-state index contributed by atoms with van der Waals surface area (Å²) in [7, 11) is 0. The van der Waals surface area contributed by atoms with Crippen molar-refractivity contribution in [3.63, 3.8) is 0 Å². The fraction of sp³-hybridized carbons (Fsp3) is 0.105. The number of hydrogen-bond donors (Lipinski definition) is 1. The smallest absolute Gasteiger partial charge is 0.273 e. The molecule has 1 saturated heterocycles. The third-order valence-corrected chi connectivity index (χ3v) is 4.25. The van der Waals surface area contributed by atoms with E-state index in [1.54, 1.807) is 36.4 Å². The van der Waals surface area contributed by atoms with Crippen molar-refractivity contribution in [3.05, 3.63) is 69.8 Å². The fourth-order valence-corrected chi connectivity index (χ4v) is 2.72. The number of carbonyl (C=O) groups excluding carboxylic acids is 3. The van der Waals surface area contributed by atoms with Crippen LogP contribution in [0.5, 0.6) is 0 Å². The van der Waals surface area contributed by atoms with Gasteiger partial charge < -0.3 is 0 Å². The number of barbiturate groups is 1. The van der Waals surface area contributed by atoms with E-state index in [-0.39, 0.29) is 5.57 Å². The summed E-state index contributed by atoms with van der Waals surface area (Å²) in [5, 5.41) is 2.69. The summed E-state index contributed by atoms with van der Waals surface area (Å²) >= 11 is 5.94. The van der Waals surface area contributed by atoms with Gasteiger partial charge in [-0.05, 0) is 60.9 Å². The highest BCUT2D eigenvalue weighted by atomic mass is 35.5. The SMILES string of the molecule is Cc1ccc(N2C(=O)NC(=O)/C(=C\c3cccc(Cl)c3)C2=O)cc1C. The van der Waals surface area contributed by atoms with Gasteiger partial charge in [0.15, 0.2) is 0 Å². The number of aryl methyl sites for hydroxylation is 2. The first-order valence-corrected chi connectivity index (χ1v) is 7.99. The highest BCUT2D eigenvalue weighted by molar-refractivity contribution is 6.39. The minimum atomic E-state index is -0.763. The number of rotatable bonds is 2. The van der Waals surface area contributed by atoms with Gasteiger partial charge in [-0.1, -0.05) is 29.8 Å². The molecule has 1 aliphatic rings. The zero-order valence-corrected chi connectivity index (χ0v) is 14.4. The lowest BCUT2D eigenvalue weighted by Gasteiger charge is -2.26. The molecule has 0 aliphatic carbocycles. The first kappa shape index (κ1) is 16.9. The number of carbonyl (C=O) groups is 3. The molecule has 1 heterocycles. The van der Waals surface area contributed by atoms with Crippen LogP contribution in [-0.4, -0.2) is 17.8 Å². The largest absolute Gasteiger partial charge is 0.335 e. The molecular formula is C19H15ClN2O3. The Morgan fingerprint density at radius 3 is 2.44 bits per heavy atom. The molecule has 1 fully saturated rings. The summed E-state index contributed by atoms with van der Waals surface area (Å²) in [6.07, 6.45) is 1.42. The van der Waals surface area contributed by atoms with Gasteiger partial charge in [0.1, 0.15) is 5.57 Å². The van der Waals surface area contributed by atoms with Gasteiger partial charge in [0.25, 0.3) is 11.8 Å². The maximum atomic E-state index is 12.8. The summed E-state index contributed by atoms with van der Waals surface area (Å²) in [6.45, 7) is 3.82. The van der Waals surface area contributed by atoms with Gasteiger partial charge in [-0.15, -0.1) is 0 Å². The molecule has 25 heavy (non-hydrogen) atoms. The Bertz CT molecular complexity index is 934.